The Hall–Kier alpha value is -4.05. The standard InChI is InChI=1S/C15H18F6NO6P.C9H12NO6P.C2HF3N2/c1-2-26-29(24,27-9-15(19,20)21)28-11-5-3-10(4-6-11)7-12(22)13(23)25-8-14(16,17)18;10-8(9(11)12)5-6-1-3-7(4-2-6)16-17(13,14)15;3-2(4,5)1-7-6/h3-6,12H,2,7-9,22H2,1H3;1-4,8H,5,10H2,(H,11,12)(H2,13,14,15);1H. The highest BCUT2D eigenvalue weighted by Crippen LogP contribution is 2.50. The third-order valence-electron chi connectivity index (χ3n) is 5.08. The fourth-order valence-corrected chi connectivity index (χ4v) is 4.62. The number of carboxylic acid groups (broad SMARTS) is 1. The molecule has 2 aromatic rings. The molecule has 0 aliphatic heterocycles. The average Bonchev–Trinajstić information content (AvgIpc) is 2.99. The largest absolute Gasteiger partial charge is 0.530 e. The van der Waals surface area contributed by atoms with Crippen LogP contribution in [0, 0.1) is 0 Å². The second kappa shape index (κ2) is 21.6. The number of carbonyl (C=O) groups excluding carboxylic acids is 1. The van der Waals surface area contributed by atoms with Crippen LogP contribution in [-0.4, -0.2) is 88.3 Å². The molecule has 0 aliphatic carbocycles. The van der Waals surface area contributed by atoms with E-state index in [9.17, 15) is 58.2 Å². The summed E-state index contributed by atoms with van der Waals surface area (Å²) in [4.78, 5) is 40.8. The van der Waals surface area contributed by atoms with Crippen molar-refractivity contribution in [1.82, 2.24) is 0 Å². The lowest BCUT2D eigenvalue weighted by Gasteiger charge is -2.19. The molecule has 0 fully saturated rings. The third-order valence-corrected chi connectivity index (χ3v) is 6.98. The molecule has 0 amide bonds. The normalized spacial score (nSPS) is 14.0. The van der Waals surface area contributed by atoms with E-state index >= 15 is 0 Å². The minimum Gasteiger partial charge on any atom is -0.480 e. The van der Waals surface area contributed by atoms with Gasteiger partial charge in [0.15, 0.2) is 13.2 Å². The molecular formula is C26H31F9N4O12P2. The molecule has 0 bridgehead atoms. The van der Waals surface area contributed by atoms with Crippen molar-refractivity contribution in [3.05, 3.63) is 65.2 Å². The first-order valence-corrected chi connectivity index (χ1v) is 16.9. The quantitative estimate of drug-likeness (QED) is 0.0406. The Balaban J connectivity index is 0.000000942. The van der Waals surface area contributed by atoms with E-state index in [2.05, 4.69) is 18.3 Å². The van der Waals surface area contributed by atoms with Gasteiger partial charge in [0, 0.05) is 0 Å². The zero-order valence-corrected chi connectivity index (χ0v) is 28.5. The maximum Gasteiger partial charge on any atom is 0.530 e. The van der Waals surface area contributed by atoms with E-state index in [1.165, 1.54) is 55.5 Å². The van der Waals surface area contributed by atoms with Crippen molar-refractivity contribution in [2.75, 3.05) is 19.8 Å². The van der Waals surface area contributed by atoms with Crippen molar-refractivity contribution in [2.45, 2.75) is 50.4 Å². The van der Waals surface area contributed by atoms with Crippen molar-refractivity contribution in [2.24, 2.45) is 11.5 Å². The van der Waals surface area contributed by atoms with Crippen LogP contribution in [0.15, 0.2) is 48.5 Å². The smallest absolute Gasteiger partial charge is 0.480 e. The van der Waals surface area contributed by atoms with Crippen LogP contribution >= 0.6 is 15.6 Å². The number of ether oxygens (including phenoxy) is 1. The lowest BCUT2D eigenvalue weighted by molar-refractivity contribution is -0.187. The van der Waals surface area contributed by atoms with Gasteiger partial charge in [-0.05, 0) is 55.2 Å². The molecule has 0 saturated heterocycles. The zero-order chi connectivity index (χ0) is 41.3. The van der Waals surface area contributed by atoms with Gasteiger partial charge in [0.05, 0.1) is 6.61 Å². The maximum absolute atomic E-state index is 12.3. The number of carboxylic acids is 1. The van der Waals surface area contributed by atoms with Gasteiger partial charge in [0.25, 0.3) is 0 Å². The summed E-state index contributed by atoms with van der Waals surface area (Å²) >= 11 is 0. The van der Waals surface area contributed by atoms with Gasteiger partial charge in [-0.15, -0.1) is 0 Å². The van der Waals surface area contributed by atoms with Crippen LogP contribution in [0.4, 0.5) is 39.5 Å². The predicted molar refractivity (Wildman–Crippen MR) is 161 cm³/mol. The number of carbonyl (C=O) groups is 2. The molecule has 2 rings (SSSR count). The Bertz CT molecular complexity index is 1580. The number of nitrogens with zero attached hydrogens (tertiary/aromatic N) is 2. The van der Waals surface area contributed by atoms with Gasteiger partial charge in [-0.2, -0.15) is 44.3 Å². The summed E-state index contributed by atoms with van der Waals surface area (Å²) in [5, 5.41) is 8.60. The van der Waals surface area contributed by atoms with Crippen LogP contribution in [-0.2, 0) is 45.3 Å². The van der Waals surface area contributed by atoms with Crippen LogP contribution in [0.25, 0.3) is 5.53 Å². The second-order valence-electron chi connectivity index (χ2n) is 9.68. The first kappa shape index (κ1) is 49.0. The number of benzene rings is 2. The van der Waals surface area contributed by atoms with E-state index in [0.29, 0.717) is 11.1 Å². The molecule has 0 aromatic heterocycles. The summed E-state index contributed by atoms with van der Waals surface area (Å²) in [5.74, 6) is -2.53. The van der Waals surface area contributed by atoms with Gasteiger partial charge in [-0.25, -0.2) is 9.13 Å². The van der Waals surface area contributed by atoms with Crippen molar-refractivity contribution >= 4 is 33.8 Å². The lowest BCUT2D eigenvalue weighted by Crippen LogP contribution is -2.36. The predicted octanol–water partition coefficient (Wildman–Crippen LogP) is 4.73. The molecule has 0 heterocycles. The molecule has 3 unspecified atom stereocenters. The van der Waals surface area contributed by atoms with Crippen molar-refractivity contribution in [1.29, 1.82) is 0 Å². The number of phosphoric ester groups is 2. The van der Waals surface area contributed by atoms with Crippen molar-refractivity contribution in [3.8, 4) is 11.5 Å². The number of aliphatic carboxylic acids is 1. The topological polar surface area (TPSA) is 264 Å². The molecule has 0 aliphatic rings. The molecule has 16 nitrogen and oxygen atoms in total. The highest BCUT2D eigenvalue weighted by atomic mass is 31.2. The second-order valence-corrected chi connectivity index (χ2v) is 12.4. The number of phosphoric acid groups is 2. The van der Waals surface area contributed by atoms with Gasteiger partial charge < -0.3 is 35.9 Å². The van der Waals surface area contributed by atoms with E-state index < -0.39 is 77.6 Å². The number of hydrogen-bond donors (Lipinski definition) is 5. The molecular weight excluding hydrogens is 793 g/mol. The van der Waals surface area contributed by atoms with E-state index in [1.807, 2.05) is 0 Å². The van der Waals surface area contributed by atoms with E-state index in [-0.39, 0.29) is 30.9 Å². The minimum atomic E-state index is -4.75. The molecule has 3 atom stereocenters. The summed E-state index contributed by atoms with van der Waals surface area (Å²) in [6.45, 7) is -2.49. The van der Waals surface area contributed by atoms with Crippen LogP contribution in [0.2, 0.25) is 0 Å². The number of rotatable bonds is 15. The fraction of sp³-hybridized carbons (Fsp3) is 0.423. The van der Waals surface area contributed by atoms with Crippen molar-refractivity contribution < 1.29 is 101 Å². The Morgan fingerprint density at radius 3 is 1.57 bits per heavy atom. The molecule has 53 heavy (non-hydrogen) atoms. The number of hydrogen-bond acceptors (Lipinski definition) is 11. The SMILES string of the molecule is CCOP(=O)(OCC(F)(F)F)Oc1ccc(CC(N)C(=O)OCC(F)(F)F)cc1.NC(Cc1ccc(OP(=O)(O)O)cc1)C(=O)O.[N-]=[N+]=CC(F)(F)F. The van der Waals surface area contributed by atoms with Crippen LogP contribution in [0.1, 0.15) is 18.1 Å². The maximum atomic E-state index is 12.3. The van der Waals surface area contributed by atoms with Gasteiger partial charge >= 0.3 is 52.3 Å². The Morgan fingerprint density at radius 1 is 0.792 bits per heavy atom. The molecule has 0 spiro atoms. The summed E-state index contributed by atoms with van der Waals surface area (Å²) < 4.78 is 150. The summed E-state index contributed by atoms with van der Waals surface area (Å²) in [7, 11) is -9.11. The first-order valence-electron chi connectivity index (χ1n) is 13.9. The monoisotopic (exact) mass is 824 g/mol. The molecule has 7 N–H and O–H groups in total. The van der Waals surface area contributed by atoms with E-state index in [0.717, 1.165) is 0 Å². The van der Waals surface area contributed by atoms with Crippen LogP contribution in [0.5, 0.6) is 11.5 Å². The molecule has 27 heteroatoms. The van der Waals surface area contributed by atoms with Crippen molar-refractivity contribution in [3.63, 3.8) is 0 Å². The Labute approximate surface area is 293 Å². The number of nitrogens with two attached hydrogens (primary N) is 2. The highest BCUT2D eigenvalue weighted by molar-refractivity contribution is 7.49. The average molecular weight is 824 g/mol. The van der Waals surface area contributed by atoms with Gasteiger partial charge in [0.2, 0.25) is 0 Å². The third kappa shape index (κ3) is 25.5. The molecule has 2 aromatic carbocycles. The van der Waals surface area contributed by atoms with Gasteiger partial charge in [0.1, 0.15) is 23.6 Å². The van der Waals surface area contributed by atoms with Crippen LogP contribution in [0.3, 0.4) is 0 Å². The van der Waals surface area contributed by atoms with E-state index in [1.54, 1.807) is 4.79 Å². The first-order chi connectivity index (χ1) is 24.1. The number of alkyl halides is 9. The lowest BCUT2D eigenvalue weighted by atomic mass is 10.1. The Kier molecular flexibility index (Phi) is 20.0. The Morgan fingerprint density at radius 2 is 1.23 bits per heavy atom. The minimum absolute atomic E-state index is 0.00554. The van der Waals surface area contributed by atoms with E-state index in [4.69, 9.17) is 36.4 Å². The molecule has 0 saturated carbocycles. The summed E-state index contributed by atoms with van der Waals surface area (Å²) in [6, 6.07) is 8.26. The highest BCUT2D eigenvalue weighted by Gasteiger charge is 2.37. The number of halogens is 9. The molecule has 300 valence electrons. The summed E-state index contributed by atoms with van der Waals surface area (Å²) in [5.41, 5.74) is 19.1. The molecule has 0 radical (unpaired) electrons. The van der Waals surface area contributed by atoms with Gasteiger partial charge in [-0.3, -0.25) is 28.4 Å². The summed E-state index contributed by atoms with van der Waals surface area (Å²) in [6.07, 6.45) is -14.5. The zero-order valence-electron chi connectivity index (χ0n) is 26.7. The number of esters is 1. The van der Waals surface area contributed by atoms with Gasteiger partial charge in [-0.1, -0.05) is 24.3 Å². The van der Waals surface area contributed by atoms with Crippen LogP contribution < -0.4 is 20.5 Å². The fourth-order valence-electron chi connectivity index (χ4n) is 3.04.